The number of nitrogens with one attached hydrogen (secondary N) is 1. The summed E-state index contributed by atoms with van der Waals surface area (Å²) in [5.74, 6) is 1.08. The van der Waals surface area contributed by atoms with E-state index in [4.69, 9.17) is 9.72 Å². The molecule has 1 aliphatic rings. The number of rotatable bonds is 3. The van der Waals surface area contributed by atoms with Crippen molar-refractivity contribution in [3.8, 4) is 0 Å². The van der Waals surface area contributed by atoms with E-state index < -0.39 is 5.60 Å². The summed E-state index contributed by atoms with van der Waals surface area (Å²) in [4.78, 5) is 22.4. The van der Waals surface area contributed by atoms with E-state index in [0.29, 0.717) is 0 Å². The van der Waals surface area contributed by atoms with E-state index in [0.717, 1.165) is 44.6 Å². The minimum atomic E-state index is -0.440. The Bertz CT molecular complexity index is 528. The number of piperidine rings is 1. The summed E-state index contributed by atoms with van der Waals surface area (Å²) in [6.07, 6.45) is 3.55. The lowest BCUT2D eigenvalue weighted by Crippen LogP contribution is -2.46. The van der Waals surface area contributed by atoms with Gasteiger partial charge in [-0.1, -0.05) is 20.8 Å². The zero-order valence-corrected chi connectivity index (χ0v) is 15.5. The number of nitrogens with zero attached hydrogens (tertiary/aromatic N) is 2. The number of likely N-dealkylation sites (tertiary alicyclic amines) is 1. The minimum absolute atomic E-state index is 0.00977. The number of ether oxygens (including phenoxy) is 1. The number of H-pyrrole nitrogens is 1. The Hall–Kier alpha value is -1.52. The van der Waals surface area contributed by atoms with Crippen LogP contribution >= 0.6 is 0 Å². The van der Waals surface area contributed by atoms with Crippen molar-refractivity contribution in [1.29, 1.82) is 0 Å². The summed E-state index contributed by atoms with van der Waals surface area (Å²) in [5, 5.41) is 0. The van der Waals surface area contributed by atoms with Gasteiger partial charge in [0.15, 0.2) is 0 Å². The van der Waals surface area contributed by atoms with Crippen molar-refractivity contribution in [2.45, 2.75) is 78.2 Å². The van der Waals surface area contributed by atoms with Crippen molar-refractivity contribution >= 4 is 6.09 Å². The highest BCUT2D eigenvalue weighted by atomic mass is 16.6. The van der Waals surface area contributed by atoms with Crippen LogP contribution in [0.25, 0.3) is 0 Å². The number of hydrogen-bond acceptors (Lipinski definition) is 3. The molecule has 130 valence electrons. The van der Waals surface area contributed by atoms with Crippen LogP contribution < -0.4 is 0 Å². The Labute approximate surface area is 139 Å². The van der Waals surface area contributed by atoms with E-state index in [-0.39, 0.29) is 11.5 Å². The lowest BCUT2D eigenvalue weighted by Gasteiger charge is -2.38. The van der Waals surface area contributed by atoms with E-state index in [2.05, 4.69) is 25.8 Å². The fourth-order valence-corrected chi connectivity index (χ4v) is 3.06. The van der Waals surface area contributed by atoms with E-state index in [9.17, 15) is 4.79 Å². The lowest BCUT2D eigenvalue weighted by atomic mass is 9.80. The molecule has 1 aliphatic heterocycles. The summed E-state index contributed by atoms with van der Waals surface area (Å²) < 4.78 is 5.47. The van der Waals surface area contributed by atoms with E-state index in [1.54, 1.807) is 0 Å². The van der Waals surface area contributed by atoms with Gasteiger partial charge in [-0.05, 0) is 46.5 Å². The summed E-state index contributed by atoms with van der Waals surface area (Å²) in [7, 11) is 0. The molecule has 5 heteroatoms. The molecule has 1 aromatic heterocycles. The van der Waals surface area contributed by atoms with Gasteiger partial charge in [0, 0.05) is 24.2 Å². The van der Waals surface area contributed by atoms with Crippen LogP contribution in [0.5, 0.6) is 0 Å². The number of aryl methyl sites for hydroxylation is 2. The molecule has 2 rings (SSSR count). The Morgan fingerprint density at radius 2 is 1.87 bits per heavy atom. The topological polar surface area (TPSA) is 58.2 Å². The fraction of sp³-hybridized carbons (Fsp3) is 0.778. The average molecular weight is 321 g/mol. The molecule has 2 heterocycles. The molecule has 1 fully saturated rings. The third-order valence-corrected chi connectivity index (χ3v) is 4.64. The van der Waals surface area contributed by atoms with Gasteiger partial charge in [-0.25, -0.2) is 9.78 Å². The number of hydrogen-bond donors (Lipinski definition) is 1. The first-order chi connectivity index (χ1) is 10.7. The summed E-state index contributed by atoms with van der Waals surface area (Å²) in [6.45, 7) is 13.7. The number of aromatic nitrogens is 2. The van der Waals surface area contributed by atoms with E-state index >= 15 is 0 Å². The molecule has 0 aliphatic carbocycles. The molecular weight excluding hydrogens is 290 g/mol. The molecule has 1 saturated heterocycles. The highest BCUT2D eigenvalue weighted by Crippen LogP contribution is 2.34. The first-order valence-corrected chi connectivity index (χ1v) is 8.74. The van der Waals surface area contributed by atoms with Crippen molar-refractivity contribution in [2.24, 2.45) is 0 Å². The SMILES string of the molecule is CCc1nc(C2(C)CCN(C(=O)OC(C)(C)C)CC2)[nH]c1CC. The van der Waals surface area contributed by atoms with Gasteiger partial charge in [0.1, 0.15) is 11.4 Å². The number of amides is 1. The van der Waals surface area contributed by atoms with Crippen LogP contribution in [0, 0.1) is 0 Å². The quantitative estimate of drug-likeness (QED) is 0.920. The molecule has 5 nitrogen and oxygen atoms in total. The van der Waals surface area contributed by atoms with Crippen molar-refractivity contribution < 1.29 is 9.53 Å². The van der Waals surface area contributed by atoms with Gasteiger partial charge in [-0.2, -0.15) is 0 Å². The van der Waals surface area contributed by atoms with Gasteiger partial charge < -0.3 is 14.6 Å². The van der Waals surface area contributed by atoms with Crippen molar-refractivity contribution in [1.82, 2.24) is 14.9 Å². The Kier molecular flexibility index (Phi) is 5.07. The average Bonchev–Trinajstić information content (AvgIpc) is 2.90. The highest BCUT2D eigenvalue weighted by molar-refractivity contribution is 5.68. The fourth-order valence-electron chi connectivity index (χ4n) is 3.06. The van der Waals surface area contributed by atoms with Gasteiger partial charge in [0.2, 0.25) is 0 Å². The van der Waals surface area contributed by atoms with Gasteiger partial charge >= 0.3 is 6.09 Å². The third-order valence-electron chi connectivity index (χ3n) is 4.64. The summed E-state index contributed by atoms with van der Waals surface area (Å²) in [6, 6.07) is 0. The van der Waals surface area contributed by atoms with E-state index in [1.165, 1.54) is 11.4 Å². The molecular formula is C18H31N3O2. The maximum atomic E-state index is 12.2. The molecule has 0 atom stereocenters. The molecule has 0 radical (unpaired) electrons. The predicted molar refractivity (Wildman–Crippen MR) is 91.7 cm³/mol. The van der Waals surface area contributed by atoms with Crippen LogP contribution in [0.15, 0.2) is 0 Å². The van der Waals surface area contributed by atoms with Crippen LogP contribution in [0.2, 0.25) is 0 Å². The number of carbonyl (C=O) groups is 1. The number of imidazole rings is 1. The van der Waals surface area contributed by atoms with Gasteiger partial charge in [-0.3, -0.25) is 0 Å². The maximum Gasteiger partial charge on any atom is 0.410 e. The number of carbonyl (C=O) groups excluding carboxylic acids is 1. The highest BCUT2D eigenvalue weighted by Gasteiger charge is 2.37. The van der Waals surface area contributed by atoms with Crippen molar-refractivity contribution in [3.63, 3.8) is 0 Å². The maximum absolute atomic E-state index is 12.2. The molecule has 0 aromatic carbocycles. The zero-order valence-electron chi connectivity index (χ0n) is 15.5. The Morgan fingerprint density at radius 3 is 2.30 bits per heavy atom. The molecule has 23 heavy (non-hydrogen) atoms. The Morgan fingerprint density at radius 1 is 1.26 bits per heavy atom. The van der Waals surface area contributed by atoms with Crippen LogP contribution in [0.1, 0.15) is 71.6 Å². The molecule has 1 amide bonds. The van der Waals surface area contributed by atoms with Crippen LogP contribution in [-0.4, -0.2) is 39.7 Å². The van der Waals surface area contributed by atoms with Crippen LogP contribution in [0.4, 0.5) is 4.79 Å². The standard InChI is InChI=1S/C18H31N3O2/c1-7-13-14(8-2)20-15(19-13)18(6)9-11-21(12-10-18)16(22)23-17(3,4)5/h7-12H2,1-6H3,(H,19,20). The van der Waals surface area contributed by atoms with E-state index in [1.807, 2.05) is 25.7 Å². The molecule has 1 aromatic rings. The smallest absolute Gasteiger partial charge is 0.410 e. The first-order valence-electron chi connectivity index (χ1n) is 8.74. The molecule has 0 saturated carbocycles. The second-order valence-corrected chi connectivity index (χ2v) is 7.75. The molecule has 0 unspecified atom stereocenters. The molecule has 0 spiro atoms. The molecule has 1 N–H and O–H groups in total. The van der Waals surface area contributed by atoms with Gasteiger partial charge in [-0.15, -0.1) is 0 Å². The summed E-state index contributed by atoms with van der Waals surface area (Å²) in [5.41, 5.74) is 2.00. The van der Waals surface area contributed by atoms with Gasteiger partial charge in [0.05, 0.1) is 5.69 Å². The monoisotopic (exact) mass is 321 g/mol. The normalized spacial score (nSPS) is 18.1. The van der Waals surface area contributed by atoms with Crippen LogP contribution in [-0.2, 0) is 23.0 Å². The zero-order chi connectivity index (χ0) is 17.3. The third kappa shape index (κ3) is 4.06. The number of aromatic amines is 1. The van der Waals surface area contributed by atoms with Gasteiger partial charge in [0.25, 0.3) is 0 Å². The first kappa shape index (κ1) is 17.8. The predicted octanol–water partition coefficient (Wildman–Crippen LogP) is 3.82. The Balaban J connectivity index is 2.05. The van der Waals surface area contributed by atoms with Crippen molar-refractivity contribution in [2.75, 3.05) is 13.1 Å². The summed E-state index contributed by atoms with van der Waals surface area (Å²) >= 11 is 0. The second kappa shape index (κ2) is 6.54. The van der Waals surface area contributed by atoms with Crippen molar-refractivity contribution in [3.05, 3.63) is 17.2 Å². The second-order valence-electron chi connectivity index (χ2n) is 7.75. The largest absolute Gasteiger partial charge is 0.444 e. The molecule has 0 bridgehead atoms. The lowest BCUT2D eigenvalue weighted by molar-refractivity contribution is 0.0168. The minimum Gasteiger partial charge on any atom is -0.444 e. The van der Waals surface area contributed by atoms with Crippen LogP contribution in [0.3, 0.4) is 0 Å².